The second kappa shape index (κ2) is 42.5. The third kappa shape index (κ3) is 43.8. The van der Waals surface area contributed by atoms with Crippen molar-refractivity contribution in [3.63, 3.8) is 0 Å². The Labute approximate surface area is 355 Å². The number of hydrogen-bond acceptors (Lipinski definition) is 6. The Kier molecular flexibility index (Phi) is 41.3. The lowest BCUT2D eigenvalue weighted by Gasteiger charge is -2.18. The zero-order valence-electron chi connectivity index (χ0n) is 39.1. The first kappa shape index (κ1) is 55.4. The van der Waals surface area contributed by atoms with Gasteiger partial charge >= 0.3 is 17.9 Å². The number of carbonyl (C=O) groups excluding carboxylic acids is 3. The van der Waals surface area contributed by atoms with E-state index in [1.807, 2.05) is 0 Å². The summed E-state index contributed by atoms with van der Waals surface area (Å²) in [6, 6.07) is 0. The maximum Gasteiger partial charge on any atom is 0.306 e. The van der Waals surface area contributed by atoms with Crippen LogP contribution in [0.3, 0.4) is 0 Å². The molecule has 338 valence electrons. The van der Waals surface area contributed by atoms with Crippen molar-refractivity contribution in [3.8, 4) is 0 Å². The molecular formula is C51H98O6. The molecule has 6 nitrogen and oxygen atoms in total. The molecule has 6 heteroatoms. The van der Waals surface area contributed by atoms with Crippen LogP contribution in [-0.2, 0) is 28.6 Å². The average Bonchev–Trinajstić information content (AvgIpc) is 3.18. The number of ether oxygens (including phenoxy) is 3. The highest BCUT2D eigenvalue weighted by Crippen LogP contribution is 2.18. The number of unbranched alkanes of at least 4 members (excludes halogenated alkanes) is 26. The molecule has 0 aliphatic heterocycles. The van der Waals surface area contributed by atoms with Gasteiger partial charge in [-0.1, -0.05) is 234 Å². The fourth-order valence-corrected chi connectivity index (χ4v) is 7.55. The topological polar surface area (TPSA) is 78.9 Å². The molecule has 1 unspecified atom stereocenters. The summed E-state index contributed by atoms with van der Waals surface area (Å²) in [5.41, 5.74) is 0. The molecular weight excluding hydrogens is 709 g/mol. The molecule has 0 radical (unpaired) electrons. The van der Waals surface area contributed by atoms with Gasteiger partial charge in [-0.3, -0.25) is 14.4 Å². The molecule has 57 heavy (non-hydrogen) atoms. The summed E-state index contributed by atoms with van der Waals surface area (Å²) in [5.74, 6) is 1.64. The van der Waals surface area contributed by atoms with Crippen molar-refractivity contribution in [2.45, 2.75) is 279 Å². The number of rotatable bonds is 44. The molecule has 0 spiro atoms. The van der Waals surface area contributed by atoms with E-state index in [2.05, 4.69) is 41.5 Å². The van der Waals surface area contributed by atoms with Crippen molar-refractivity contribution in [2.75, 3.05) is 13.2 Å². The molecule has 2 atom stereocenters. The summed E-state index contributed by atoms with van der Waals surface area (Å²) in [6.45, 7) is 13.7. The average molecular weight is 807 g/mol. The number of hydrogen-bond donors (Lipinski definition) is 0. The van der Waals surface area contributed by atoms with Gasteiger partial charge in [0.15, 0.2) is 6.10 Å². The van der Waals surface area contributed by atoms with E-state index in [0.717, 1.165) is 75.5 Å². The monoisotopic (exact) mass is 807 g/mol. The third-order valence-corrected chi connectivity index (χ3v) is 11.8. The minimum Gasteiger partial charge on any atom is -0.462 e. The molecule has 0 amide bonds. The van der Waals surface area contributed by atoms with Crippen LogP contribution >= 0.6 is 0 Å². The molecule has 0 aromatic carbocycles. The predicted molar refractivity (Wildman–Crippen MR) is 243 cm³/mol. The molecule has 0 aliphatic rings. The Morgan fingerprint density at radius 1 is 0.351 bits per heavy atom. The second-order valence-corrected chi connectivity index (χ2v) is 18.6. The first-order valence-electron chi connectivity index (χ1n) is 25.1. The number of esters is 3. The second-order valence-electron chi connectivity index (χ2n) is 18.6. The van der Waals surface area contributed by atoms with Gasteiger partial charge in [0.25, 0.3) is 0 Å². The van der Waals surface area contributed by atoms with E-state index < -0.39 is 6.10 Å². The normalized spacial score (nSPS) is 12.6. The van der Waals surface area contributed by atoms with Crippen LogP contribution in [0.2, 0.25) is 0 Å². The Hall–Kier alpha value is -1.59. The van der Waals surface area contributed by atoms with E-state index in [9.17, 15) is 14.4 Å². The largest absolute Gasteiger partial charge is 0.462 e. The van der Waals surface area contributed by atoms with Crippen molar-refractivity contribution in [3.05, 3.63) is 0 Å². The quantitative estimate of drug-likeness (QED) is 0.0347. The molecule has 0 saturated heterocycles. The van der Waals surface area contributed by atoms with Gasteiger partial charge in [-0.25, -0.2) is 0 Å². The van der Waals surface area contributed by atoms with E-state index in [0.29, 0.717) is 19.3 Å². The van der Waals surface area contributed by atoms with Gasteiger partial charge in [0, 0.05) is 19.3 Å². The van der Waals surface area contributed by atoms with Crippen LogP contribution in [0.5, 0.6) is 0 Å². The zero-order valence-corrected chi connectivity index (χ0v) is 39.1. The first-order chi connectivity index (χ1) is 27.6. The van der Waals surface area contributed by atoms with Gasteiger partial charge in [0.1, 0.15) is 13.2 Å². The highest BCUT2D eigenvalue weighted by Gasteiger charge is 2.19. The lowest BCUT2D eigenvalue weighted by Crippen LogP contribution is -2.30. The lowest BCUT2D eigenvalue weighted by molar-refractivity contribution is -0.167. The minimum atomic E-state index is -0.762. The van der Waals surface area contributed by atoms with Crippen LogP contribution in [-0.4, -0.2) is 37.2 Å². The summed E-state index contributed by atoms with van der Waals surface area (Å²) in [7, 11) is 0. The van der Waals surface area contributed by atoms with E-state index in [1.54, 1.807) is 0 Å². The highest BCUT2D eigenvalue weighted by atomic mass is 16.6. The molecule has 0 aromatic rings. The summed E-state index contributed by atoms with van der Waals surface area (Å²) < 4.78 is 16.8. The molecule has 0 bridgehead atoms. The summed E-state index contributed by atoms with van der Waals surface area (Å²) in [6.07, 6.45) is 40.8. The Morgan fingerprint density at radius 3 is 0.912 bits per heavy atom. The Morgan fingerprint density at radius 2 is 0.614 bits per heavy atom. The maximum absolute atomic E-state index is 12.8. The van der Waals surface area contributed by atoms with Crippen LogP contribution < -0.4 is 0 Å². The van der Waals surface area contributed by atoms with Gasteiger partial charge in [0.2, 0.25) is 0 Å². The zero-order chi connectivity index (χ0) is 42.0. The first-order valence-corrected chi connectivity index (χ1v) is 25.1. The Bertz CT molecular complexity index is 885. The fraction of sp³-hybridized carbons (Fsp3) is 0.941. The van der Waals surface area contributed by atoms with Crippen LogP contribution in [0, 0.1) is 17.8 Å². The van der Waals surface area contributed by atoms with Crippen LogP contribution in [0.1, 0.15) is 273 Å². The lowest BCUT2D eigenvalue weighted by atomic mass is 9.99. The van der Waals surface area contributed by atoms with Gasteiger partial charge in [-0.2, -0.15) is 0 Å². The summed E-state index contributed by atoms with van der Waals surface area (Å²) in [5, 5.41) is 0. The van der Waals surface area contributed by atoms with Crippen molar-refractivity contribution < 1.29 is 28.6 Å². The number of carbonyl (C=O) groups is 3. The summed E-state index contributed by atoms with van der Waals surface area (Å²) in [4.78, 5) is 37.9. The van der Waals surface area contributed by atoms with Crippen LogP contribution in [0.15, 0.2) is 0 Å². The van der Waals surface area contributed by atoms with E-state index in [4.69, 9.17) is 14.2 Å². The van der Waals surface area contributed by atoms with E-state index in [-0.39, 0.29) is 31.1 Å². The standard InChI is InChI=1S/C51H98O6/c1-7-47(6)39-33-27-21-15-9-11-17-23-29-35-41-50(53)56-44-48(57-51(54)42-36-30-24-18-12-14-20-26-32-38-46(4)5)43-55-49(52)40-34-28-22-16-10-8-13-19-25-31-37-45(2)3/h45-48H,7-44H2,1-6H3/t47?,48-/m1/s1. The highest BCUT2D eigenvalue weighted by molar-refractivity contribution is 5.71. The maximum atomic E-state index is 12.8. The molecule has 0 heterocycles. The predicted octanol–water partition coefficient (Wildman–Crippen LogP) is 16.0. The van der Waals surface area contributed by atoms with Crippen molar-refractivity contribution in [1.82, 2.24) is 0 Å². The smallest absolute Gasteiger partial charge is 0.306 e. The molecule has 0 fully saturated rings. The van der Waals surface area contributed by atoms with Crippen molar-refractivity contribution in [1.29, 1.82) is 0 Å². The van der Waals surface area contributed by atoms with Gasteiger partial charge in [-0.05, 0) is 37.0 Å². The summed E-state index contributed by atoms with van der Waals surface area (Å²) >= 11 is 0. The van der Waals surface area contributed by atoms with Gasteiger partial charge < -0.3 is 14.2 Å². The van der Waals surface area contributed by atoms with E-state index >= 15 is 0 Å². The fourth-order valence-electron chi connectivity index (χ4n) is 7.55. The SMILES string of the molecule is CCC(C)CCCCCCCCCCCCC(=O)OC[C@@H](COC(=O)CCCCCCCCCCCCC(C)C)OC(=O)CCCCCCCCCCCC(C)C. The molecule has 0 aromatic heterocycles. The van der Waals surface area contributed by atoms with Gasteiger partial charge in [0.05, 0.1) is 0 Å². The van der Waals surface area contributed by atoms with Gasteiger partial charge in [-0.15, -0.1) is 0 Å². The molecule has 0 N–H and O–H groups in total. The van der Waals surface area contributed by atoms with Crippen LogP contribution in [0.4, 0.5) is 0 Å². The minimum absolute atomic E-state index is 0.0654. The van der Waals surface area contributed by atoms with Crippen molar-refractivity contribution >= 4 is 17.9 Å². The molecule has 0 saturated carbocycles. The van der Waals surface area contributed by atoms with E-state index in [1.165, 1.54) is 154 Å². The molecule has 0 rings (SSSR count). The molecule has 0 aliphatic carbocycles. The third-order valence-electron chi connectivity index (χ3n) is 11.8. The Balaban J connectivity index is 4.34. The van der Waals surface area contributed by atoms with Crippen LogP contribution in [0.25, 0.3) is 0 Å². The van der Waals surface area contributed by atoms with Crippen molar-refractivity contribution in [2.24, 2.45) is 17.8 Å².